The van der Waals surface area contributed by atoms with Crippen molar-refractivity contribution in [2.45, 2.75) is 26.3 Å². The van der Waals surface area contributed by atoms with Gasteiger partial charge in [-0.1, -0.05) is 12.1 Å². The van der Waals surface area contributed by atoms with Crippen LogP contribution in [0.25, 0.3) is 0 Å². The number of nitrogens with zero attached hydrogens (tertiary/aromatic N) is 2. The molecular formula is C15H18N2O2. The summed E-state index contributed by atoms with van der Waals surface area (Å²) in [5.41, 5.74) is 1.68. The molecule has 0 aliphatic heterocycles. The molecule has 2 rings (SSSR count). The molecule has 0 N–H and O–H groups in total. The highest BCUT2D eigenvalue weighted by atomic mass is 16.5. The summed E-state index contributed by atoms with van der Waals surface area (Å²) >= 11 is 0. The van der Waals surface area contributed by atoms with Crippen LogP contribution in [0, 0.1) is 0 Å². The number of methoxy groups -OCH3 is 1. The number of rotatable bonds is 6. The number of ketones is 1. The molecule has 19 heavy (non-hydrogen) atoms. The van der Waals surface area contributed by atoms with Crippen LogP contribution < -0.4 is 4.74 Å². The molecule has 1 aromatic heterocycles. The molecule has 0 fully saturated rings. The number of aryl methyl sites for hydroxylation is 2. The smallest absolute Gasteiger partial charge is 0.183 e. The van der Waals surface area contributed by atoms with Crippen molar-refractivity contribution in [3.05, 3.63) is 48.0 Å². The maximum absolute atomic E-state index is 12.0. The summed E-state index contributed by atoms with van der Waals surface area (Å²) in [4.78, 5) is 16.1. The molecule has 1 heterocycles. The van der Waals surface area contributed by atoms with E-state index >= 15 is 0 Å². The lowest BCUT2D eigenvalue weighted by atomic mass is 10.1. The summed E-state index contributed by atoms with van der Waals surface area (Å²) in [6, 6.07) is 7.78. The molecule has 0 saturated heterocycles. The van der Waals surface area contributed by atoms with Gasteiger partial charge < -0.3 is 9.30 Å². The van der Waals surface area contributed by atoms with E-state index in [1.165, 1.54) is 0 Å². The van der Waals surface area contributed by atoms with Crippen molar-refractivity contribution in [1.82, 2.24) is 9.55 Å². The van der Waals surface area contributed by atoms with Crippen molar-refractivity contribution < 1.29 is 9.53 Å². The largest absolute Gasteiger partial charge is 0.497 e. The molecule has 0 amide bonds. The number of benzene rings is 1. The Kier molecular flexibility index (Phi) is 4.34. The van der Waals surface area contributed by atoms with Crippen molar-refractivity contribution >= 4 is 5.78 Å². The van der Waals surface area contributed by atoms with Crippen molar-refractivity contribution in [2.75, 3.05) is 7.11 Å². The van der Waals surface area contributed by atoms with Crippen LogP contribution in [0.1, 0.15) is 29.4 Å². The topological polar surface area (TPSA) is 44.1 Å². The summed E-state index contributed by atoms with van der Waals surface area (Å²) in [7, 11) is 1.64. The van der Waals surface area contributed by atoms with Crippen molar-refractivity contribution in [2.24, 2.45) is 0 Å². The molecule has 0 atom stereocenters. The second-order valence-corrected chi connectivity index (χ2v) is 4.36. The summed E-state index contributed by atoms with van der Waals surface area (Å²) < 4.78 is 7.00. The highest BCUT2D eigenvalue weighted by Crippen LogP contribution is 2.13. The normalized spacial score (nSPS) is 10.4. The zero-order chi connectivity index (χ0) is 13.7. The number of ether oxygens (including phenoxy) is 1. The Morgan fingerprint density at radius 2 is 2.05 bits per heavy atom. The van der Waals surface area contributed by atoms with Crippen LogP contribution in [0.2, 0.25) is 0 Å². The van der Waals surface area contributed by atoms with E-state index in [0.29, 0.717) is 12.1 Å². The van der Waals surface area contributed by atoms with Gasteiger partial charge >= 0.3 is 0 Å². The van der Waals surface area contributed by atoms with Gasteiger partial charge in [0.1, 0.15) is 11.4 Å². The molecule has 2 aromatic rings. The first-order valence-corrected chi connectivity index (χ1v) is 6.41. The Morgan fingerprint density at radius 1 is 1.32 bits per heavy atom. The van der Waals surface area contributed by atoms with Crippen LogP contribution >= 0.6 is 0 Å². The van der Waals surface area contributed by atoms with Gasteiger partial charge in [0.25, 0.3) is 0 Å². The van der Waals surface area contributed by atoms with E-state index in [4.69, 9.17) is 4.74 Å². The Bertz CT molecular complexity index is 544. The molecule has 0 unspecified atom stereocenters. The minimum absolute atomic E-state index is 0.0861. The Labute approximate surface area is 113 Å². The Hall–Kier alpha value is -2.10. The molecule has 0 spiro atoms. The van der Waals surface area contributed by atoms with Crippen LogP contribution in [0.15, 0.2) is 36.8 Å². The van der Waals surface area contributed by atoms with E-state index < -0.39 is 0 Å². The van der Waals surface area contributed by atoms with E-state index in [2.05, 4.69) is 4.98 Å². The zero-order valence-electron chi connectivity index (χ0n) is 11.3. The van der Waals surface area contributed by atoms with Crippen molar-refractivity contribution in [1.29, 1.82) is 0 Å². The standard InChI is InChI=1S/C15H18N2O2/c1-3-17-10-14(16-11-17)15(18)9-6-12-4-7-13(19-2)8-5-12/h4-5,7-8,10-11H,3,6,9H2,1-2H3. The minimum Gasteiger partial charge on any atom is -0.497 e. The zero-order valence-corrected chi connectivity index (χ0v) is 11.3. The van der Waals surface area contributed by atoms with Gasteiger partial charge in [0.15, 0.2) is 5.78 Å². The third kappa shape index (κ3) is 3.44. The number of hydrogen-bond donors (Lipinski definition) is 0. The number of hydrogen-bond acceptors (Lipinski definition) is 3. The third-order valence-corrected chi connectivity index (χ3v) is 3.08. The van der Waals surface area contributed by atoms with Gasteiger partial charge in [0.2, 0.25) is 0 Å². The lowest BCUT2D eigenvalue weighted by Gasteiger charge is -2.02. The molecule has 100 valence electrons. The molecular weight excluding hydrogens is 240 g/mol. The number of carbonyl (C=O) groups is 1. The lowest BCUT2D eigenvalue weighted by molar-refractivity contribution is 0.0978. The van der Waals surface area contributed by atoms with Gasteiger partial charge in [0, 0.05) is 19.2 Å². The third-order valence-electron chi connectivity index (χ3n) is 3.08. The number of imidazole rings is 1. The average Bonchev–Trinajstić information content (AvgIpc) is 2.94. The Balaban J connectivity index is 1.92. The van der Waals surface area contributed by atoms with Gasteiger partial charge in [-0.25, -0.2) is 4.98 Å². The predicted octanol–water partition coefficient (Wildman–Crippen LogP) is 2.73. The highest BCUT2D eigenvalue weighted by molar-refractivity contribution is 5.94. The molecule has 4 heteroatoms. The van der Waals surface area contributed by atoms with Crippen molar-refractivity contribution in [3.8, 4) is 5.75 Å². The molecule has 0 aliphatic carbocycles. The first-order valence-electron chi connectivity index (χ1n) is 6.41. The second-order valence-electron chi connectivity index (χ2n) is 4.36. The summed E-state index contributed by atoms with van der Waals surface area (Å²) in [6.07, 6.45) is 4.70. The fourth-order valence-corrected chi connectivity index (χ4v) is 1.86. The summed E-state index contributed by atoms with van der Waals surface area (Å²) in [5, 5.41) is 0. The van der Waals surface area contributed by atoms with Crippen LogP contribution in [-0.2, 0) is 13.0 Å². The highest BCUT2D eigenvalue weighted by Gasteiger charge is 2.09. The van der Waals surface area contributed by atoms with E-state index in [1.54, 1.807) is 19.6 Å². The summed E-state index contributed by atoms with van der Waals surface area (Å²) in [5.74, 6) is 0.916. The van der Waals surface area contributed by atoms with E-state index in [9.17, 15) is 4.79 Å². The van der Waals surface area contributed by atoms with Gasteiger partial charge in [0.05, 0.1) is 13.4 Å². The van der Waals surface area contributed by atoms with Gasteiger partial charge in [-0.3, -0.25) is 4.79 Å². The first kappa shape index (κ1) is 13.3. The molecule has 1 aromatic carbocycles. The van der Waals surface area contributed by atoms with Crippen molar-refractivity contribution in [3.63, 3.8) is 0 Å². The second kappa shape index (κ2) is 6.18. The van der Waals surface area contributed by atoms with Crippen LogP contribution in [0.5, 0.6) is 5.75 Å². The fourth-order valence-electron chi connectivity index (χ4n) is 1.86. The predicted molar refractivity (Wildman–Crippen MR) is 73.5 cm³/mol. The van der Waals surface area contributed by atoms with E-state index in [1.807, 2.05) is 35.8 Å². The lowest BCUT2D eigenvalue weighted by Crippen LogP contribution is -2.01. The fraction of sp³-hybridized carbons (Fsp3) is 0.333. The number of carbonyl (C=O) groups excluding carboxylic acids is 1. The molecule has 0 saturated carbocycles. The van der Waals surface area contributed by atoms with E-state index in [-0.39, 0.29) is 5.78 Å². The van der Waals surface area contributed by atoms with Gasteiger partial charge in [-0.2, -0.15) is 0 Å². The number of aromatic nitrogens is 2. The van der Waals surface area contributed by atoms with Crippen LogP contribution in [0.4, 0.5) is 0 Å². The average molecular weight is 258 g/mol. The molecule has 0 radical (unpaired) electrons. The van der Waals surface area contributed by atoms with Crippen LogP contribution in [-0.4, -0.2) is 22.4 Å². The molecule has 0 aliphatic rings. The van der Waals surface area contributed by atoms with Gasteiger partial charge in [-0.15, -0.1) is 0 Å². The maximum Gasteiger partial charge on any atom is 0.183 e. The Morgan fingerprint density at radius 3 is 2.63 bits per heavy atom. The number of Topliss-reactive ketones (excluding diaryl/α,β-unsaturated/α-hetero) is 1. The van der Waals surface area contributed by atoms with Crippen LogP contribution in [0.3, 0.4) is 0 Å². The monoisotopic (exact) mass is 258 g/mol. The quantitative estimate of drug-likeness (QED) is 0.748. The van der Waals surface area contributed by atoms with Gasteiger partial charge in [-0.05, 0) is 31.0 Å². The molecule has 4 nitrogen and oxygen atoms in total. The minimum atomic E-state index is 0.0861. The maximum atomic E-state index is 12.0. The summed E-state index contributed by atoms with van der Waals surface area (Å²) in [6.45, 7) is 2.85. The van der Waals surface area contributed by atoms with E-state index in [0.717, 1.165) is 24.3 Å². The first-order chi connectivity index (χ1) is 9.22. The molecule has 0 bridgehead atoms. The SMILES string of the molecule is CCn1cnc(C(=O)CCc2ccc(OC)cc2)c1.